The van der Waals surface area contributed by atoms with Crippen molar-refractivity contribution in [3.8, 4) is 0 Å². The van der Waals surface area contributed by atoms with Gasteiger partial charge in [0.25, 0.3) is 0 Å². The van der Waals surface area contributed by atoms with Gasteiger partial charge in [-0.25, -0.2) is 4.79 Å². The number of carbonyl (C=O) groups is 2. The van der Waals surface area contributed by atoms with Gasteiger partial charge in [0, 0.05) is 25.5 Å². The van der Waals surface area contributed by atoms with E-state index in [2.05, 4.69) is 15.6 Å². The van der Waals surface area contributed by atoms with Gasteiger partial charge in [0.2, 0.25) is 0 Å². The molecule has 0 aromatic carbocycles. The smallest absolute Gasteiger partial charge is 0.315 e. The van der Waals surface area contributed by atoms with E-state index in [-0.39, 0.29) is 17.9 Å². The molecule has 1 aromatic rings. The van der Waals surface area contributed by atoms with Crippen LogP contribution < -0.4 is 10.6 Å². The Morgan fingerprint density at radius 3 is 2.70 bits per heavy atom. The van der Waals surface area contributed by atoms with Crippen molar-refractivity contribution >= 4 is 12.0 Å². The zero-order chi connectivity index (χ0) is 14.4. The Kier molecular flexibility index (Phi) is 4.92. The van der Waals surface area contributed by atoms with Gasteiger partial charge in [-0.15, -0.1) is 0 Å². The van der Waals surface area contributed by atoms with Crippen LogP contribution in [0.3, 0.4) is 0 Å². The van der Waals surface area contributed by atoms with Gasteiger partial charge in [-0.3, -0.25) is 9.78 Å². The van der Waals surface area contributed by atoms with Crippen molar-refractivity contribution in [2.45, 2.75) is 25.8 Å². The van der Waals surface area contributed by atoms with Crippen molar-refractivity contribution in [2.75, 3.05) is 6.54 Å². The maximum atomic E-state index is 11.7. The summed E-state index contributed by atoms with van der Waals surface area (Å²) in [7, 11) is 0. The fourth-order valence-electron chi connectivity index (χ4n) is 2.58. The van der Waals surface area contributed by atoms with Crippen LogP contribution in [-0.4, -0.2) is 28.6 Å². The first-order valence-electron chi connectivity index (χ1n) is 6.80. The molecule has 1 saturated carbocycles. The van der Waals surface area contributed by atoms with E-state index in [0.29, 0.717) is 19.5 Å². The van der Waals surface area contributed by atoms with Crippen molar-refractivity contribution in [3.05, 3.63) is 30.1 Å². The number of carboxylic acid groups (broad SMARTS) is 1. The van der Waals surface area contributed by atoms with E-state index in [4.69, 9.17) is 5.11 Å². The van der Waals surface area contributed by atoms with Gasteiger partial charge < -0.3 is 15.7 Å². The third-order valence-corrected chi connectivity index (χ3v) is 3.70. The number of aliphatic carboxylic acids is 1. The minimum Gasteiger partial charge on any atom is -0.481 e. The van der Waals surface area contributed by atoms with Crippen molar-refractivity contribution in [2.24, 2.45) is 11.8 Å². The molecule has 1 heterocycles. The molecule has 0 saturated heterocycles. The second-order valence-electron chi connectivity index (χ2n) is 5.05. The summed E-state index contributed by atoms with van der Waals surface area (Å²) in [6.45, 7) is 0.848. The second-order valence-corrected chi connectivity index (χ2v) is 5.05. The van der Waals surface area contributed by atoms with Gasteiger partial charge in [0.1, 0.15) is 0 Å². The molecule has 20 heavy (non-hydrogen) atoms. The van der Waals surface area contributed by atoms with Gasteiger partial charge >= 0.3 is 12.0 Å². The highest BCUT2D eigenvalue weighted by molar-refractivity contribution is 5.74. The van der Waals surface area contributed by atoms with Gasteiger partial charge in [-0.1, -0.05) is 6.42 Å². The standard InChI is InChI=1S/C14H19N3O3/c18-13(19)12-3-1-2-11(12)9-17-14(20)16-8-10-4-6-15-7-5-10/h4-7,11-12H,1-3,8-9H2,(H,18,19)(H2,16,17,20). The predicted molar refractivity (Wildman–Crippen MR) is 72.9 cm³/mol. The molecule has 0 radical (unpaired) electrons. The van der Waals surface area contributed by atoms with Crippen LogP contribution in [0.15, 0.2) is 24.5 Å². The van der Waals surface area contributed by atoms with E-state index >= 15 is 0 Å². The van der Waals surface area contributed by atoms with E-state index in [9.17, 15) is 9.59 Å². The van der Waals surface area contributed by atoms with Crippen LogP contribution >= 0.6 is 0 Å². The normalized spacial score (nSPS) is 21.4. The van der Waals surface area contributed by atoms with Crippen LogP contribution in [0.4, 0.5) is 4.79 Å². The number of amides is 2. The number of urea groups is 1. The molecule has 1 aliphatic carbocycles. The summed E-state index contributed by atoms with van der Waals surface area (Å²) >= 11 is 0. The lowest BCUT2D eigenvalue weighted by Gasteiger charge is -2.16. The Bertz CT molecular complexity index is 464. The SMILES string of the molecule is O=C(NCc1ccncc1)NCC1CCCC1C(=O)O. The minimum atomic E-state index is -0.758. The first-order valence-corrected chi connectivity index (χ1v) is 6.80. The topological polar surface area (TPSA) is 91.3 Å². The Hall–Kier alpha value is -2.11. The van der Waals surface area contributed by atoms with E-state index < -0.39 is 5.97 Å². The lowest BCUT2D eigenvalue weighted by Crippen LogP contribution is -2.39. The molecule has 2 rings (SSSR count). The van der Waals surface area contributed by atoms with Crippen molar-refractivity contribution in [3.63, 3.8) is 0 Å². The van der Waals surface area contributed by atoms with Crippen LogP contribution in [-0.2, 0) is 11.3 Å². The zero-order valence-corrected chi connectivity index (χ0v) is 11.2. The Morgan fingerprint density at radius 2 is 2.00 bits per heavy atom. The highest BCUT2D eigenvalue weighted by Gasteiger charge is 2.32. The van der Waals surface area contributed by atoms with Gasteiger partial charge in [-0.2, -0.15) is 0 Å². The van der Waals surface area contributed by atoms with E-state index in [1.54, 1.807) is 12.4 Å². The number of rotatable bonds is 5. The molecule has 1 fully saturated rings. The average molecular weight is 277 g/mol. The lowest BCUT2D eigenvalue weighted by molar-refractivity contribution is -0.142. The quantitative estimate of drug-likeness (QED) is 0.758. The molecule has 2 amide bonds. The molecule has 0 spiro atoms. The maximum Gasteiger partial charge on any atom is 0.315 e. The molecule has 6 heteroatoms. The van der Waals surface area contributed by atoms with Crippen molar-refractivity contribution < 1.29 is 14.7 Å². The molecule has 108 valence electrons. The molecule has 2 atom stereocenters. The molecule has 6 nitrogen and oxygen atoms in total. The number of nitrogens with zero attached hydrogens (tertiary/aromatic N) is 1. The van der Waals surface area contributed by atoms with Gasteiger partial charge in [0.05, 0.1) is 5.92 Å². The van der Waals surface area contributed by atoms with Crippen molar-refractivity contribution in [1.29, 1.82) is 0 Å². The van der Waals surface area contributed by atoms with E-state index in [0.717, 1.165) is 18.4 Å². The van der Waals surface area contributed by atoms with Crippen LogP contribution in [0, 0.1) is 11.8 Å². The highest BCUT2D eigenvalue weighted by Crippen LogP contribution is 2.31. The zero-order valence-electron chi connectivity index (χ0n) is 11.2. The van der Waals surface area contributed by atoms with Crippen LogP contribution in [0.1, 0.15) is 24.8 Å². The number of pyridine rings is 1. The predicted octanol–water partition coefficient (Wildman–Crippen LogP) is 1.38. The molecule has 1 aromatic heterocycles. The highest BCUT2D eigenvalue weighted by atomic mass is 16.4. The largest absolute Gasteiger partial charge is 0.481 e. The lowest BCUT2D eigenvalue weighted by atomic mass is 9.96. The fourth-order valence-corrected chi connectivity index (χ4v) is 2.58. The fraction of sp³-hybridized carbons (Fsp3) is 0.500. The first-order chi connectivity index (χ1) is 9.66. The van der Waals surface area contributed by atoms with E-state index in [1.807, 2.05) is 12.1 Å². The summed E-state index contributed by atoms with van der Waals surface area (Å²) in [4.78, 5) is 26.6. The number of aromatic nitrogens is 1. The summed E-state index contributed by atoms with van der Waals surface area (Å²) in [5.74, 6) is -1.04. The molecular weight excluding hydrogens is 258 g/mol. The van der Waals surface area contributed by atoms with Gasteiger partial charge in [0.15, 0.2) is 0 Å². The molecule has 3 N–H and O–H groups in total. The summed E-state index contributed by atoms with van der Waals surface area (Å²) in [5, 5.41) is 14.6. The Balaban J connectivity index is 1.71. The number of nitrogens with one attached hydrogen (secondary N) is 2. The number of carbonyl (C=O) groups excluding carboxylic acids is 1. The van der Waals surface area contributed by atoms with Crippen LogP contribution in [0.5, 0.6) is 0 Å². The summed E-state index contributed by atoms with van der Waals surface area (Å²) in [6, 6.07) is 3.40. The summed E-state index contributed by atoms with van der Waals surface area (Å²) in [6.07, 6.45) is 5.83. The third kappa shape index (κ3) is 3.94. The molecule has 0 aliphatic heterocycles. The third-order valence-electron chi connectivity index (χ3n) is 3.70. The molecule has 1 aliphatic rings. The van der Waals surface area contributed by atoms with Crippen molar-refractivity contribution in [1.82, 2.24) is 15.6 Å². The number of hydrogen-bond donors (Lipinski definition) is 3. The van der Waals surface area contributed by atoms with E-state index in [1.165, 1.54) is 0 Å². The Labute approximate surface area is 117 Å². The average Bonchev–Trinajstić information content (AvgIpc) is 2.92. The summed E-state index contributed by atoms with van der Waals surface area (Å²) < 4.78 is 0. The Morgan fingerprint density at radius 1 is 1.25 bits per heavy atom. The molecule has 2 unspecified atom stereocenters. The summed E-state index contributed by atoms with van der Waals surface area (Å²) in [5.41, 5.74) is 0.972. The number of hydrogen-bond acceptors (Lipinski definition) is 3. The second kappa shape index (κ2) is 6.88. The first kappa shape index (κ1) is 14.3. The van der Waals surface area contributed by atoms with Crippen LogP contribution in [0.2, 0.25) is 0 Å². The minimum absolute atomic E-state index is 0.0409. The van der Waals surface area contributed by atoms with Gasteiger partial charge in [-0.05, 0) is 36.5 Å². The molecule has 0 bridgehead atoms. The number of carboxylic acids is 1. The van der Waals surface area contributed by atoms with Crippen LogP contribution in [0.25, 0.3) is 0 Å². The maximum absolute atomic E-state index is 11.7. The monoisotopic (exact) mass is 277 g/mol. The molecular formula is C14H19N3O3.